The number of benzene rings is 1. The van der Waals surface area contributed by atoms with E-state index in [4.69, 9.17) is 11.6 Å². The van der Waals surface area contributed by atoms with Gasteiger partial charge in [-0.2, -0.15) is 4.31 Å². The van der Waals surface area contributed by atoms with Gasteiger partial charge in [-0.15, -0.1) is 11.3 Å². The first kappa shape index (κ1) is 17.4. The van der Waals surface area contributed by atoms with Gasteiger partial charge in [-0.05, 0) is 48.7 Å². The number of sulfonamides is 1. The fourth-order valence-electron chi connectivity index (χ4n) is 2.83. The van der Waals surface area contributed by atoms with Crippen molar-refractivity contribution in [3.05, 3.63) is 44.6 Å². The number of rotatable bonds is 3. The van der Waals surface area contributed by atoms with Gasteiger partial charge in [-0.3, -0.25) is 4.79 Å². The Hall–Kier alpha value is -1.41. The predicted octanol–water partition coefficient (Wildman–Crippen LogP) is 3.42. The van der Waals surface area contributed by atoms with Gasteiger partial charge in [0.2, 0.25) is 15.9 Å². The summed E-state index contributed by atoms with van der Waals surface area (Å²) in [5.41, 5.74) is 2.17. The molecule has 128 valence electrons. The molecule has 0 bridgehead atoms. The number of amides is 1. The number of aryl methyl sites for hydroxylation is 1. The van der Waals surface area contributed by atoms with Crippen LogP contribution in [0.3, 0.4) is 0 Å². The maximum absolute atomic E-state index is 13.0. The minimum Gasteiger partial charge on any atom is -0.326 e. The molecule has 0 saturated heterocycles. The predicted molar refractivity (Wildman–Crippen MR) is 96.1 cm³/mol. The van der Waals surface area contributed by atoms with E-state index in [0.717, 1.165) is 10.4 Å². The van der Waals surface area contributed by atoms with E-state index in [-0.39, 0.29) is 10.8 Å². The summed E-state index contributed by atoms with van der Waals surface area (Å²) >= 11 is 7.54. The van der Waals surface area contributed by atoms with Crippen molar-refractivity contribution < 1.29 is 13.2 Å². The second kappa shape index (κ2) is 6.48. The molecule has 0 spiro atoms. The van der Waals surface area contributed by atoms with E-state index in [1.807, 2.05) is 6.07 Å². The average molecular weight is 385 g/mol. The minimum absolute atomic E-state index is 0.192. The van der Waals surface area contributed by atoms with Gasteiger partial charge in [0.05, 0.1) is 9.23 Å². The van der Waals surface area contributed by atoms with Crippen LogP contribution in [-0.2, 0) is 27.8 Å². The minimum atomic E-state index is -3.59. The summed E-state index contributed by atoms with van der Waals surface area (Å²) < 4.78 is 28.1. The molecule has 1 aliphatic rings. The van der Waals surface area contributed by atoms with Crippen molar-refractivity contribution >= 4 is 44.6 Å². The van der Waals surface area contributed by atoms with Gasteiger partial charge >= 0.3 is 0 Å². The highest BCUT2D eigenvalue weighted by atomic mass is 35.5. The molecule has 1 aromatic carbocycles. The van der Waals surface area contributed by atoms with Crippen LogP contribution in [0.1, 0.15) is 22.9 Å². The lowest BCUT2D eigenvalue weighted by molar-refractivity contribution is -0.114. The molecule has 3 rings (SSSR count). The van der Waals surface area contributed by atoms with Gasteiger partial charge < -0.3 is 5.32 Å². The highest BCUT2D eigenvalue weighted by Gasteiger charge is 2.30. The van der Waals surface area contributed by atoms with Crippen LogP contribution in [0.4, 0.5) is 5.69 Å². The van der Waals surface area contributed by atoms with E-state index in [9.17, 15) is 13.2 Å². The Balaban J connectivity index is 1.90. The van der Waals surface area contributed by atoms with Crippen molar-refractivity contribution in [2.24, 2.45) is 0 Å². The Labute approximate surface area is 150 Å². The lowest BCUT2D eigenvalue weighted by Gasteiger charge is -2.27. The summed E-state index contributed by atoms with van der Waals surface area (Å²) in [4.78, 5) is 12.5. The van der Waals surface area contributed by atoms with E-state index in [2.05, 4.69) is 5.32 Å². The normalized spacial score (nSPS) is 15.1. The maximum Gasteiger partial charge on any atom is 0.243 e. The third-order valence-electron chi connectivity index (χ3n) is 3.91. The van der Waals surface area contributed by atoms with Gasteiger partial charge in [0.1, 0.15) is 0 Å². The molecule has 0 fully saturated rings. The molecule has 1 aliphatic heterocycles. The van der Waals surface area contributed by atoms with Crippen LogP contribution >= 0.6 is 22.9 Å². The molecular formula is C16H17ClN2O3S2. The Morgan fingerprint density at radius 2 is 2.08 bits per heavy atom. The van der Waals surface area contributed by atoms with Crippen molar-refractivity contribution in [1.82, 2.24) is 4.31 Å². The second-order valence-corrected chi connectivity index (χ2v) is 9.42. The number of fused-ring (bicyclic) bond motifs is 1. The van der Waals surface area contributed by atoms with Gasteiger partial charge in [-0.1, -0.05) is 11.6 Å². The van der Waals surface area contributed by atoms with Crippen LogP contribution in [0.5, 0.6) is 0 Å². The summed E-state index contributed by atoms with van der Waals surface area (Å²) in [5, 5.41) is 2.66. The Kier molecular flexibility index (Phi) is 4.70. The van der Waals surface area contributed by atoms with Gasteiger partial charge in [0.25, 0.3) is 0 Å². The molecule has 2 aromatic rings. The number of anilines is 1. The summed E-state index contributed by atoms with van der Waals surface area (Å²) in [7, 11) is -3.59. The number of nitrogens with zero attached hydrogens (tertiary/aromatic N) is 1. The number of hydrogen-bond acceptors (Lipinski definition) is 4. The van der Waals surface area contributed by atoms with E-state index in [0.29, 0.717) is 35.1 Å². The number of hydrogen-bond donors (Lipinski definition) is 1. The molecule has 0 unspecified atom stereocenters. The van der Waals surface area contributed by atoms with E-state index >= 15 is 0 Å². The lowest BCUT2D eigenvalue weighted by atomic mass is 10.1. The van der Waals surface area contributed by atoms with Gasteiger partial charge in [-0.25, -0.2) is 8.42 Å². The van der Waals surface area contributed by atoms with Crippen molar-refractivity contribution in [2.45, 2.75) is 31.7 Å². The first-order chi connectivity index (χ1) is 11.3. The Morgan fingerprint density at radius 3 is 2.75 bits per heavy atom. The van der Waals surface area contributed by atoms with Crippen molar-refractivity contribution in [1.29, 1.82) is 0 Å². The smallest absolute Gasteiger partial charge is 0.243 e. The quantitative estimate of drug-likeness (QED) is 0.881. The largest absolute Gasteiger partial charge is 0.326 e. The Bertz CT molecular complexity index is 906. The number of thiophene rings is 1. The summed E-state index contributed by atoms with van der Waals surface area (Å²) in [6.45, 7) is 3.93. The third-order valence-corrected chi connectivity index (χ3v) is 7.29. The van der Waals surface area contributed by atoms with Crippen LogP contribution in [0.2, 0.25) is 4.34 Å². The zero-order valence-electron chi connectivity index (χ0n) is 13.3. The fraction of sp³-hybridized carbons (Fsp3) is 0.312. The first-order valence-corrected chi connectivity index (χ1v) is 10.1. The number of nitrogens with one attached hydrogen (secondary N) is 1. The van der Waals surface area contributed by atoms with Crippen LogP contribution in [0.15, 0.2) is 29.2 Å². The number of carbonyl (C=O) groups excluding carboxylic acids is 1. The molecule has 5 nitrogen and oxygen atoms in total. The van der Waals surface area contributed by atoms with Crippen molar-refractivity contribution in [2.75, 3.05) is 11.9 Å². The summed E-state index contributed by atoms with van der Waals surface area (Å²) in [6.07, 6.45) is 0.676. The van der Waals surface area contributed by atoms with Crippen LogP contribution in [-0.4, -0.2) is 25.2 Å². The van der Waals surface area contributed by atoms with E-state index in [1.54, 1.807) is 25.1 Å². The highest BCUT2D eigenvalue weighted by molar-refractivity contribution is 7.89. The van der Waals surface area contributed by atoms with Crippen molar-refractivity contribution in [3.63, 3.8) is 0 Å². The highest BCUT2D eigenvalue weighted by Crippen LogP contribution is 2.34. The molecule has 8 heteroatoms. The molecule has 1 amide bonds. The molecular weight excluding hydrogens is 368 g/mol. The molecule has 24 heavy (non-hydrogen) atoms. The van der Waals surface area contributed by atoms with Crippen molar-refractivity contribution in [3.8, 4) is 0 Å². The number of halogens is 1. The molecule has 2 heterocycles. The molecule has 1 N–H and O–H groups in total. The van der Waals surface area contributed by atoms with E-state index in [1.165, 1.54) is 22.6 Å². The molecule has 1 aromatic heterocycles. The topological polar surface area (TPSA) is 66.5 Å². The molecule has 0 radical (unpaired) electrons. The van der Waals surface area contributed by atoms with E-state index < -0.39 is 10.0 Å². The SMILES string of the molecule is CC(=O)Nc1ccc(S(=O)(=O)N2CCc3sc(Cl)cc3C2)c(C)c1. The lowest BCUT2D eigenvalue weighted by Crippen LogP contribution is -2.35. The summed E-state index contributed by atoms with van der Waals surface area (Å²) in [6, 6.07) is 6.67. The van der Waals surface area contributed by atoms with Crippen LogP contribution < -0.4 is 5.32 Å². The monoisotopic (exact) mass is 384 g/mol. The van der Waals surface area contributed by atoms with Crippen LogP contribution in [0.25, 0.3) is 0 Å². The Morgan fingerprint density at radius 1 is 1.33 bits per heavy atom. The third kappa shape index (κ3) is 3.35. The maximum atomic E-state index is 13.0. The molecule has 0 atom stereocenters. The standard InChI is InChI=1S/C16H17ClN2O3S2/c1-10-7-13(18-11(2)20)3-4-15(10)24(21,22)19-6-5-14-12(9-19)8-16(17)23-14/h3-4,7-8H,5-6,9H2,1-2H3,(H,18,20). The molecule has 0 aliphatic carbocycles. The summed E-state index contributed by atoms with van der Waals surface area (Å²) in [5.74, 6) is -0.192. The zero-order valence-corrected chi connectivity index (χ0v) is 15.7. The zero-order chi connectivity index (χ0) is 17.5. The van der Waals surface area contributed by atoms with Crippen LogP contribution in [0, 0.1) is 6.92 Å². The fourth-order valence-corrected chi connectivity index (χ4v) is 5.76. The average Bonchev–Trinajstić information content (AvgIpc) is 2.85. The van der Waals surface area contributed by atoms with Gasteiger partial charge in [0.15, 0.2) is 0 Å². The first-order valence-electron chi connectivity index (χ1n) is 7.43. The van der Waals surface area contributed by atoms with Gasteiger partial charge in [0, 0.05) is 30.6 Å². The number of carbonyl (C=O) groups is 1. The second-order valence-electron chi connectivity index (χ2n) is 5.75. The molecule has 0 saturated carbocycles.